The van der Waals surface area contributed by atoms with Crippen LogP contribution in [0.4, 0.5) is 10.9 Å². The third kappa shape index (κ3) is 3.65. The fourth-order valence-electron chi connectivity index (χ4n) is 2.61. The summed E-state index contributed by atoms with van der Waals surface area (Å²) < 4.78 is 3.79. The Morgan fingerprint density at radius 1 is 1.04 bits per heavy atom. The predicted octanol–water partition coefficient (Wildman–Crippen LogP) is 3.64. The molecular formula is C18H19N7S. The lowest BCUT2D eigenvalue weighted by Gasteiger charge is -2.07. The summed E-state index contributed by atoms with van der Waals surface area (Å²) in [6, 6.07) is 14.2. The summed E-state index contributed by atoms with van der Waals surface area (Å²) in [6.45, 7) is 4.77. The van der Waals surface area contributed by atoms with Crippen LogP contribution in [0.3, 0.4) is 0 Å². The minimum atomic E-state index is 0.0485. The molecule has 0 bridgehead atoms. The molecule has 3 heterocycles. The molecule has 0 aliphatic carbocycles. The highest BCUT2D eigenvalue weighted by Gasteiger charge is 2.15. The topological polar surface area (TPSA) is 73.5 Å². The number of nitrogens with one attached hydrogen (secondary N) is 1. The summed E-state index contributed by atoms with van der Waals surface area (Å²) in [6.07, 6.45) is 3.91. The number of aryl methyl sites for hydroxylation is 1. The number of hydrogen-bond acceptors (Lipinski definition) is 6. The number of anilines is 2. The molecule has 26 heavy (non-hydrogen) atoms. The van der Waals surface area contributed by atoms with Crippen molar-refractivity contribution in [2.45, 2.75) is 26.4 Å². The van der Waals surface area contributed by atoms with Gasteiger partial charge in [-0.2, -0.15) is 10.2 Å². The van der Waals surface area contributed by atoms with E-state index in [-0.39, 0.29) is 6.04 Å². The van der Waals surface area contributed by atoms with E-state index in [1.165, 1.54) is 16.9 Å². The summed E-state index contributed by atoms with van der Waals surface area (Å²) in [4.78, 5) is 0. The van der Waals surface area contributed by atoms with Crippen LogP contribution in [0.2, 0.25) is 0 Å². The maximum absolute atomic E-state index is 4.54. The van der Waals surface area contributed by atoms with Gasteiger partial charge in [0.2, 0.25) is 5.13 Å². The molecule has 0 fully saturated rings. The van der Waals surface area contributed by atoms with E-state index in [1.807, 2.05) is 59.0 Å². The first-order valence-electron chi connectivity index (χ1n) is 8.37. The van der Waals surface area contributed by atoms with Crippen LogP contribution in [0, 0.1) is 6.92 Å². The maximum Gasteiger partial charge on any atom is 0.211 e. The van der Waals surface area contributed by atoms with Crippen LogP contribution in [0.15, 0.2) is 54.9 Å². The van der Waals surface area contributed by atoms with Crippen LogP contribution < -0.4 is 5.32 Å². The quantitative estimate of drug-likeness (QED) is 0.565. The largest absolute Gasteiger partial charge is 0.313 e. The van der Waals surface area contributed by atoms with Crippen molar-refractivity contribution in [2.75, 3.05) is 5.32 Å². The number of hydrogen-bond donors (Lipinski definition) is 1. The van der Waals surface area contributed by atoms with Gasteiger partial charge < -0.3 is 5.32 Å². The SMILES string of the molecule is Cc1ccn(C(C)c2nnc(Nc3ccn(Cc4ccccc4)n3)s2)n1. The van der Waals surface area contributed by atoms with Crippen molar-refractivity contribution in [3.8, 4) is 0 Å². The first-order chi connectivity index (χ1) is 12.7. The van der Waals surface area contributed by atoms with Crippen molar-refractivity contribution >= 4 is 22.3 Å². The summed E-state index contributed by atoms with van der Waals surface area (Å²) in [5, 5.41) is 22.3. The van der Waals surface area contributed by atoms with E-state index >= 15 is 0 Å². The Hall–Kier alpha value is -3.00. The molecule has 0 amide bonds. The molecule has 4 aromatic rings. The summed E-state index contributed by atoms with van der Waals surface area (Å²) in [5.74, 6) is 0.756. The van der Waals surface area contributed by atoms with E-state index in [1.54, 1.807) is 0 Å². The summed E-state index contributed by atoms with van der Waals surface area (Å²) in [7, 11) is 0. The molecule has 0 radical (unpaired) electrons. The molecule has 0 saturated carbocycles. The van der Waals surface area contributed by atoms with Gasteiger partial charge in [-0.15, -0.1) is 10.2 Å². The third-order valence-corrected chi connectivity index (χ3v) is 5.01. The molecule has 0 aliphatic rings. The van der Waals surface area contributed by atoms with Gasteiger partial charge in [-0.3, -0.25) is 9.36 Å². The lowest BCUT2D eigenvalue weighted by molar-refractivity contribution is 0.554. The fraction of sp³-hybridized carbons (Fsp3) is 0.222. The maximum atomic E-state index is 4.54. The molecular weight excluding hydrogens is 346 g/mol. The number of aromatic nitrogens is 6. The molecule has 0 saturated heterocycles. The number of benzene rings is 1. The van der Waals surface area contributed by atoms with E-state index in [0.29, 0.717) is 0 Å². The van der Waals surface area contributed by atoms with Gasteiger partial charge in [0.05, 0.1) is 12.2 Å². The Bertz CT molecular complexity index is 986. The summed E-state index contributed by atoms with van der Waals surface area (Å²) >= 11 is 1.51. The van der Waals surface area contributed by atoms with Crippen LogP contribution in [0.5, 0.6) is 0 Å². The van der Waals surface area contributed by atoms with E-state index in [2.05, 4.69) is 44.8 Å². The van der Waals surface area contributed by atoms with Crippen LogP contribution in [0.1, 0.15) is 29.2 Å². The van der Waals surface area contributed by atoms with Crippen LogP contribution in [0.25, 0.3) is 0 Å². The predicted molar refractivity (Wildman–Crippen MR) is 102 cm³/mol. The van der Waals surface area contributed by atoms with Gasteiger partial charge in [0.1, 0.15) is 11.0 Å². The monoisotopic (exact) mass is 365 g/mol. The van der Waals surface area contributed by atoms with Gasteiger partial charge in [-0.05, 0) is 25.5 Å². The molecule has 1 atom stereocenters. The lowest BCUT2D eigenvalue weighted by atomic mass is 10.2. The zero-order valence-electron chi connectivity index (χ0n) is 14.6. The van der Waals surface area contributed by atoms with E-state index in [9.17, 15) is 0 Å². The average molecular weight is 365 g/mol. The standard InChI is InChI=1S/C18H19N7S/c1-13-8-11-25(22-13)14(2)17-20-21-18(26-17)19-16-9-10-24(23-16)12-15-6-4-3-5-7-15/h3-11,14H,12H2,1-2H3,(H,19,21,23). The third-order valence-electron chi connectivity index (χ3n) is 4.00. The zero-order chi connectivity index (χ0) is 17.9. The van der Waals surface area contributed by atoms with E-state index in [0.717, 1.165) is 28.2 Å². The average Bonchev–Trinajstić information content (AvgIpc) is 3.38. The van der Waals surface area contributed by atoms with Crippen LogP contribution >= 0.6 is 11.3 Å². The fourth-order valence-corrected chi connectivity index (χ4v) is 3.41. The lowest BCUT2D eigenvalue weighted by Crippen LogP contribution is -2.07. The van der Waals surface area contributed by atoms with Gasteiger partial charge in [0, 0.05) is 18.5 Å². The zero-order valence-corrected chi connectivity index (χ0v) is 15.4. The number of rotatable bonds is 6. The van der Waals surface area contributed by atoms with Gasteiger partial charge in [0.25, 0.3) is 0 Å². The van der Waals surface area contributed by atoms with E-state index < -0.39 is 0 Å². The van der Waals surface area contributed by atoms with Gasteiger partial charge in [0.15, 0.2) is 5.82 Å². The highest BCUT2D eigenvalue weighted by atomic mass is 32.1. The Balaban J connectivity index is 1.43. The molecule has 132 valence electrons. The molecule has 1 N–H and O–H groups in total. The molecule has 4 rings (SSSR count). The van der Waals surface area contributed by atoms with E-state index in [4.69, 9.17) is 0 Å². The van der Waals surface area contributed by atoms with Crippen molar-refractivity contribution in [1.29, 1.82) is 0 Å². The Morgan fingerprint density at radius 2 is 1.88 bits per heavy atom. The second-order valence-electron chi connectivity index (χ2n) is 6.07. The van der Waals surface area contributed by atoms with Crippen molar-refractivity contribution < 1.29 is 0 Å². The van der Waals surface area contributed by atoms with Crippen LogP contribution in [-0.4, -0.2) is 29.8 Å². The smallest absolute Gasteiger partial charge is 0.211 e. The van der Waals surface area contributed by atoms with Gasteiger partial charge in [-0.1, -0.05) is 41.7 Å². The van der Waals surface area contributed by atoms with Crippen molar-refractivity contribution in [3.05, 3.63) is 71.1 Å². The summed E-state index contributed by atoms with van der Waals surface area (Å²) in [5.41, 5.74) is 2.20. The molecule has 3 aromatic heterocycles. The Labute approximate surface area is 155 Å². The molecule has 1 unspecified atom stereocenters. The molecule has 8 heteroatoms. The Morgan fingerprint density at radius 3 is 2.65 bits per heavy atom. The number of nitrogens with zero attached hydrogens (tertiary/aromatic N) is 6. The molecule has 1 aromatic carbocycles. The molecule has 7 nitrogen and oxygen atoms in total. The highest BCUT2D eigenvalue weighted by molar-refractivity contribution is 7.15. The van der Waals surface area contributed by atoms with Crippen LogP contribution in [-0.2, 0) is 6.54 Å². The van der Waals surface area contributed by atoms with Crippen molar-refractivity contribution in [2.24, 2.45) is 0 Å². The van der Waals surface area contributed by atoms with Crippen molar-refractivity contribution in [1.82, 2.24) is 29.8 Å². The second kappa shape index (κ2) is 7.09. The molecule has 0 aliphatic heterocycles. The first kappa shape index (κ1) is 16.5. The van der Waals surface area contributed by atoms with Crippen molar-refractivity contribution in [3.63, 3.8) is 0 Å². The second-order valence-corrected chi connectivity index (χ2v) is 7.08. The molecule has 0 spiro atoms. The van der Waals surface area contributed by atoms with Gasteiger partial charge in [-0.25, -0.2) is 0 Å². The minimum absolute atomic E-state index is 0.0485. The first-order valence-corrected chi connectivity index (χ1v) is 9.18. The highest BCUT2D eigenvalue weighted by Crippen LogP contribution is 2.26. The normalized spacial score (nSPS) is 12.2. The Kier molecular flexibility index (Phi) is 4.49. The minimum Gasteiger partial charge on any atom is -0.313 e. The van der Waals surface area contributed by atoms with Gasteiger partial charge >= 0.3 is 0 Å².